The number of nitrogens with one attached hydrogen (secondary N) is 1. The molecule has 1 nitrogen and oxygen atoms in total. The van der Waals surface area contributed by atoms with E-state index in [4.69, 9.17) is 0 Å². The highest BCUT2D eigenvalue weighted by Gasteiger charge is 2.14. The Morgan fingerprint density at radius 2 is 1.67 bits per heavy atom. The van der Waals surface area contributed by atoms with E-state index in [-0.39, 0.29) is 6.04 Å². The van der Waals surface area contributed by atoms with Gasteiger partial charge in [0.05, 0.1) is 0 Å². The van der Waals surface area contributed by atoms with Crippen LogP contribution in [-0.4, -0.2) is 0 Å². The summed E-state index contributed by atoms with van der Waals surface area (Å²) in [4.78, 5) is 0. The van der Waals surface area contributed by atoms with Crippen molar-refractivity contribution in [1.82, 2.24) is 5.32 Å². The average molecular weight is 289 g/mol. The second kappa shape index (κ2) is 7.32. The Labute approximate surface area is 125 Å². The summed E-state index contributed by atoms with van der Waals surface area (Å²) >= 11 is 0. The molecule has 0 aliphatic heterocycles. The van der Waals surface area contributed by atoms with Gasteiger partial charge < -0.3 is 5.32 Å². The maximum absolute atomic E-state index is 13.7. The predicted molar refractivity (Wildman–Crippen MR) is 81.8 cm³/mol. The molecule has 0 amide bonds. The number of halogens is 2. The molecule has 1 unspecified atom stereocenters. The van der Waals surface area contributed by atoms with E-state index >= 15 is 0 Å². The van der Waals surface area contributed by atoms with Crippen LogP contribution in [0.3, 0.4) is 0 Å². The zero-order chi connectivity index (χ0) is 15.2. The lowest BCUT2D eigenvalue weighted by atomic mass is 9.97. The van der Waals surface area contributed by atoms with Crippen LogP contribution in [0.5, 0.6) is 0 Å². The quantitative estimate of drug-likeness (QED) is 0.802. The Morgan fingerprint density at radius 1 is 0.952 bits per heavy atom. The molecule has 0 bridgehead atoms. The molecule has 2 aromatic rings. The second-order valence-electron chi connectivity index (χ2n) is 5.69. The fraction of sp³-hybridized carbons (Fsp3) is 0.333. The summed E-state index contributed by atoms with van der Waals surface area (Å²) in [5.74, 6) is -1.05. The van der Waals surface area contributed by atoms with Gasteiger partial charge in [0.1, 0.15) is 0 Å². The summed E-state index contributed by atoms with van der Waals surface area (Å²) in [5.41, 5.74) is 1.53. The summed E-state index contributed by atoms with van der Waals surface area (Å²) in [6.45, 7) is 4.62. The van der Waals surface area contributed by atoms with Crippen molar-refractivity contribution < 1.29 is 8.78 Å². The highest BCUT2D eigenvalue weighted by atomic mass is 19.2. The molecule has 21 heavy (non-hydrogen) atoms. The Hall–Kier alpha value is -1.74. The van der Waals surface area contributed by atoms with E-state index in [2.05, 4.69) is 31.3 Å². The van der Waals surface area contributed by atoms with Crippen LogP contribution in [0, 0.1) is 17.6 Å². The van der Waals surface area contributed by atoms with Gasteiger partial charge >= 0.3 is 0 Å². The molecule has 3 heteroatoms. The highest BCUT2D eigenvalue weighted by molar-refractivity contribution is 5.21. The lowest BCUT2D eigenvalue weighted by Crippen LogP contribution is -2.23. The van der Waals surface area contributed by atoms with Crippen LogP contribution in [0.2, 0.25) is 0 Å². The fourth-order valence-corrected chi connectivity index (χ4v) is 2.41. The number of hydrogen-bond donors (Lipinski definition) is 1. The zero-order valence-electron chi connectivity index (χ0n) is 12.4. The third-order valence-corrected chi connectivity index (χ3v) is 3.48. The third kappa shape index (κ3) is 4.36. The van der Waals surface area contributed by atoms with Crippen molar-refractivity contribution in [1.29, 1.82) is 0 Å². The minimum atomic E-state index is -0.797. The molecule has 0 fully saturated rings. The first kappa shape index (κ1) is 15.6. The van der Waals surface area contributed by atoms with Gasteiger partial charge in [-0.25, -0.2) is 8.78 Å². The van der Waals surface area contributed by atoms with E-state index < -0.39 is 11.6 Å². The maximum atomic E-state index is 13.7. The summed E-state index contributed by atoms with van der Waals surface area (Å²) in [5, 5.41) is 3.35. The minimum Gasteiger partial charge on any atom is -0.306 e. The van der Waals surface area contributed by atoms with Crippen molar-refractivity contribution in [2.45, 2.75) is 32.9 Å². The van der Waals surface area contributed by atoms with Crippen molar-refractivity contribution in [3.8, 4) is 0 Å². The van der Waals surface area contributed by atoms with Gasteiger partial charge in [-0.1, -0.05) is 56.3 Å². The summed E-state index contributed by atoms with van der Waals surface area (Å²) < 4.78 is 26.9. The van der Waals surface area contributed by atoms with Crippen molar-refractivity contribution in [3.05, 3.63) is 71.3 Å². The van der Waals surface area contributed by atoms with Crippen LogP contribution in [0.4, 0.5) is 8.78 Å². The Balaban J connectivity index is 2.11. The Bertz CT molecular complexity index is 567. The topological polar surface area (TPSA) is 12.0 Å². The molecule has 112 valence electrons. The number of rotatable bonds is 6. The first-order valence-electron chi connectivity index (χ1n) is 7.29. The van der Waals surface area contributed by atoms with Crippen molar-refractivity contribution >= 4 is 0 Å². The van der Waals surface area contributed by atoms with Crippen LogP contribution in [0.25, 0.3) is 0 Å². The van der Waals surface area contributed by atoms with Gasteiger partial charge in [0.25, 0.3) is 0 Å². The molecule has 1 atom stereocenters. The van der Waals surface area contributed by atoms with Gasteiger partial charge in [0.2, 0.25) is 0 Å². The summed E-state index contributed by atoms with van der Waals surface area (Å²) in [6.07, 6.45) is 0.945. The van der Waals surface area contributed by atoms with Crippen molar-refractivity contribution in [2.75, 3.05) is 0 Å². The third-order valence-electron chi connectivity index (χ3n) is 3.48. The van der Waals surface area contributed by atoms with E-state index in [0.29, 0.717) is 18.0 Å². The van der Waals surface area contributed by atoms with Crippen LogP contribution < -0.4 is 5.32 Å². The lowest BCUT2D eigenvalue weighted by molar-refractivity contribution is 0.420. The normalized spacial score (nSPS) is 12.6. The number of hydrogen-bond acceptors (Lipinski definition) is 1. The molecule has 0 aliphatic rings. The predicted octanol–water partition coefficient (Wildman–Crippen LogP) is 4.84. The average Bonchev–Trinajstić information content (AvgIpc) is 2.48. The molecule has 2 rings (SSSR count). The molecule has 0 radical (unpaired) electrons. The zero-order valence-corrected chi connectivity index (χ0v) is 12.4. The largest absolute Gasteiger partial charge is 0.306 e. The van der Waals surface area contributed by atoms with Gasteiger partial charge in [-0.15, -0.1) is 0 Å². The molecule has 1 N–H and O–H groups in total. The summed E-state index contributed by atoms with van der Waals surface area (Å²) in [6, 6.07) is 14.5. The van der Waals surface area contributed by atoms with E-state index in [1.165, 1.54) is 11.6 Å². The molecule has 0 aromatic heterocycles. The monoisotopic (exact) mass is 289 g/mol. The van der Waals surface area contributed by atoms with Crippen LogP contribution >= 0.6 is 0 Å². The van der Waals surface area contributed by atoms with Crippen LogP contribution in [0.15, 0.2) is 48.5 Å². The molecular formula is C18H21F2N. The van der Waals surface area contributed by atoms with E-state index in [0.717, 1.165) is 12.5 Å². The van der Waals surface area contributed by atoms with Crippen molar-refractivity contribution in [2.24, 2.45) is 5.92 Å². The van der Waals surface area contributed by atoms with E-state index in [9.17, 15) is 8.78 Å². The smallest absolute Gasteiger partial charge is 0.163 e. The molecule has 0 saturated heterocycles. The highest BCUT2D eigenvalue weighted by Crippen LogP contribution is 2.22. The first-order valence-corrected chi connectivity index (χ1v) is 7.29. The molecule has 0 heterocycles. The first-order chi connectivity index (χ1) is 10.1. The van der Waals surface area contributed by atoms with Crippen LogP contribution in [-0.2, 0) is 6.54 Å². The molecular weight excluding hydrogens is 268 g/mol. The Kier molecular flexibility index (Phi) is 5.45. The van der Waals surface area contributed by atoms with Gasteiger partial charge in [-0.3, -0.25) is 0 Å². The van der Waals surface area contributed by atoms with Gasteiger partial charge in [-0.2, -0.15) is 0 Å². The van der Waals surface area contributed by atoms with E-state index in [1.807, 2.05) is 18.2 Å². The SMILES string of the molecule is CC(C)CC(NCc1cccc(F)c1F)c1ccccc1. The number of benzene rings is 2. The molecule has 2 aromatic carbocycles. The molecule has 0 spiro atoms. The standard InChI is InChI=1S/C18H21F2N/c1-13(2)11-17(14-7-4-3-5-8-14)21-12-15-9-6-10-16(19)18(15)20/h3-10,13,17,21H,11-12H2,1-2H3. The van der Waals surface area contributed by atoms with Crippen LogP contribution in [0.1, 0.15) is 37.4 Å². The van der Waals surface area contributed by atoms with Gasteiger partial charge in [0, 0.05) is 18.2 Å². The van der Waals surface area contributed by atoms with Gasteiger partial charge in [-0.05, 0) is 24.0 Å². The summed E-state index contributed by atoms with van der Waals surface area (Å²) in [7, 11) is 0. The molecule has 0 aliphatic carbocycles. The van der Waals surface area contributed by atoms with Crippen molar-refractivity contribution in [3.63, 3.8) is 0 Å². The molecule has 0 saturated carbocycles. The fourth-order valence-electron chi connectivity index (χ4n) is 2.41. The Morgan fingerprint density at radius 3 is 2.33 bits per heavy atom. The van der Waals surface area contributed by atoms with Gasteiger partial charge in [0.15, 0.2) is 11.6 Å². The van der Waals surface area contributed by atoms with E-state index in [1.54, 1.807) is 6.07 Å². The lowest BCUT2D eigenvalue weighted by Gasteiger charge is -2.21. The maximum Gasteiger partial charge on any atom is 0.163 e. The second-order valence-corrected chi connectivity index (χ2v) is 5.69. The minimum absolute atomic E-state index is 0.133.